The number of hydrogen-bond acceptors (Lipinski definition) is 5. The Morgan fingerprint density at radius 3 is 2.94 bits per heavy atom. The number of pyridine rings is 1. The third-order valence-corrected chi connectivity index (χ3v) is 4.74. The number of aliphatic imine (C=N–C) groups is 1. The van der Waals surface area contributed by atoms with Crippen LogP contribution in [0.5, 0.6) is 0 Å². The van der Waals surface area contributed by atoms with Gasteiger partial charge in [-0.3, -0.25) is 20.1 Å². The van der Waals surface area contributed by atoms with Crippen molar-refractivity contribution in [3.05, 3.63) is 88.0 Å². The lowest BCUT2D eigenvalue weighted by molar-refractivity contribution is -0.385. The van der Waals surface area contributed by atoms with Gasteiger partial charge in [0.1, 0.15) is 5.82 Å². The van der Waals surface area contributed by atoms with E-state index < -0.39 is 10.7 Å². The summed E-state index contributed by atoms with van der Waals surface area (Å²) in [4.78, 5) is 26.2. The summed E-state index contributed by atoms with van der Waals surface area (Å²) in [5, 5.41) is 14.2. The Hall–Kier alpha value is -3.82. The second kappa shape index (κ2) is 10.8. The summed E-state index contributed by atoms with van der Waals surface area (Å²) in [6.07, 6.45) is 7.21. The minimum absolute atomic E-state index is 0.290. The highest BCUT2D eigenvalue weighted by Gasteiger charge is 2.20. The normalized spacial score (nSPS) is 12.5. The van der Waals surface area contributed by atoms with E-state index in [-0.39, 0.29) is 11.6 Å². The van der Waals surface area contributed by atoms with Gasteiger partial charge < -0.3 is 16.0 Å². The maximum absolute atomic E-state index is 14.0. The van der Waals surface area contributed by atoms with E-state index in [9.17, 15) is 14.5 Å². The van der Waals surface area contributed by atoms with E-state index in [1.807, 2.05) is 12.1 Å². The summed E-state index contributed by atoms with van der Waals surface area (Å²) in [6, 6.07) is 9.01. The van der Waals surface area contributed by atoms with Gasteiger partial charge in [0.05, 0.1) is 17.3 Å². The number of guanidine groups is 1. The molecule has 2 aromatic heterocycles. The van der Waals surface area contributed by atoms with Crippen LogP contribution in [0, 0.1) is 15.9 Å². The number of aryl methyl sites for hydroxylation is 1. The number of nitrogens with zero attached hydrogens (tertiary/aromatic N) is 4. The highest BCUT2D eigenvalue weighted by atomic mass is 19.1. The number of nitro groups is 1. The Labute approximate surface area is 178 Å². The lowest BCUT2D eigenvalue weighted by atomic mass is 9.91. The molecule has 9 nitrogen and oxygen atoms in total. The molecule has 2 heterocycles. The van der Waals surface area contributed by atoms with Gasteiger partial charge in [0.2, 0.25) is 0 Å². The molecule has 1 aromatic carbocycles. The highest BCUT2D eigenvalue weighted by molar-refractivity contribution is 5.77. The minimum Gasteiger partial charge on any atom is -0.370 e. The van der Waals surface area contributed by atoms with Crippen LogP contribution in [0.1, 0.15) is 35.7 Å². The molecule has 1 atom stereocenters. The number of aromatic nitrogens is 3. The molecule has 0 bridgehead atoms. The van der Waals surface area contributed by atoms with Crippen LogP contribution in [-0.4, -0.2) is 38.9 Å². The molecule has 0 aliphatic rings. The van der Waals surface area contributed by atoms with Crippen molar-refractivity contribution in [3.63, 3.8) is 0 Å². The number of rotatable bonds is 10. The number of benzene rings is 1. The first-order valence-electron chi connectivity index (χ1n) is 9.90. The van der Waals surface area contributed by atoms with Crippen LogP contribution in [0.15, 0.2) is 60.1 Å². The predicted octanol–water partition coefficient (Wildman–Crippen LogP) is 2.91. The standard InChI is InChI=1S/C21H24FN7O2/c22-16-10-15(11-18(12-16)29(30)31)19(20-5-1-2-7-25-20)6-9-27-21(23)26-8-3-4-17-13-24-14-28-17/h1-2,5,7,10-14,19H,3-4,6,8-9H2,(H,24,28)(H3,23,26,27). The quantitative estimate of drug-likeness (QED) is 0.150. The average Bonchev–Trinajstić information content (AvgIpc) is 3.28. The number of aromatic amines is 1. The van der Waals surface area contributed by atoms with Crippen LogP contribution in [0.3, 0.4) is 0 Å². The molecule has 1 unspecified atom stereocenters. The molecule has 0 saturated heterocycles. The van der Waals surface area contributed by atoms with Crippen LogP contribution < -0.4 is 11.1 Å². The molecule has 162 valence electrons. The fourth-order valence-corrected chi connectivity index (χ4v) is 3.26. The predicted molar refractivity (Wildman–Crippen MR) is 115 cm³/mol. The van der Waals surface area contributed by atoms with Crippen molar-refractivity contribution in [1.82, 2.24) is 20.3 Å². The van der Waals surface area contributed by atoms with E-state index in [4.69, 9.17) is 5.73 Å². The number of H-pyrrole nitrogens is 1. The van der Waals surface area contributed by atoms with Crippen molar-refractivity contribution in [3.8, 4) is 0 Å². The molecule has 0 radical (unpaired) electrons. The molecular weight excluding hydrogens is 401 g/mol. The monoisotopic (exact) mass is 425 g/mol. The Morgan fingerprint density at radius 1 is 1.35 bits per heavy atom. The summed E-state index contributed by atoms with van der Waals surface area (Å²) < 4.78 is 14.0. The Kier molecular flexibility index (Phi) is 7.63. The minimum atomic E-state index is -0.656. The van der Waals surface area contributed by atoms with Gasteiger partial charge in [0.15, 0.2) is 5.96 Å². The van der Waals surface area contributed by atoms with Crippen molar-refractivity contribution in [1.29, 1.82) is 0 Å². The summed E-state index contributed by atoms with van der Waals surface area (Å²) in [7, 11) is 0. The first-order chi connectivity index (χ1) is 15.0. The van der Waals surface area contributed by atoms with Crippen molar-refractivity contribution < 1.29 is 9.31 Å². The second-order valence-corrected chi connectivity index (χ2v) is 6.97. The zero-order chi connectivity index (χ0) is 22.1. The van der Waals surface area contributed by atoms with E-state index in [2.05, 4.69) is 25.3 Å². The number of non-ortho nitro benzene ring substituents is 1. The number of hydrogen-bond donors (Lipinski definition) is 3. The molecule has 0 saturated carbocycles. The molecule has 0 fully saturated rings. The maximum atomic E-state index is 14.0. The second-order valence-electron chi connectivity index (χ2n) is 6.97. The van der Waals surface area contributed by atoms with Gasteiger partial charge in [0, 0.05) is 48.9 Å². The zero-order valence-corrected chi connectivity index (χ0v) is 16.9. The molecule has 3 rings (SSSR count). The number of imidazole rings is 1. The van der Waals surface area contributed by atoms with Gasteiger partial charge in [0.25, 0.3) is 5.69 Å². The summed E-state index contributed by atoms with van der Waals surface area (Å²) in [5.41, 5.74) is 7.88. The Morgan fingerprint density at radius 2 is 2.23 bits per heavy atom. The van der Waals surface area contributed by atoms with Crippen LogP contribution in [0.4, 0.5) is 10.1 Å². The van der Waals surface area contributed by atoms with E-state index >= 15 is 0 Å². The average molecular weight is 425 g/mol. The Balaban J connectivity index is 1.62. The third kappa shape index (κ3) is 6.59. The zero-order valence-electron chi connectivity index (χ0n) is 16.9. The van der Waals surface area contributed by atoms with Gasteiger partial charge in [-0.05, 0) is 43.0 Å². The third-order valence-electron chi connectivity index (χ3n) is 4.74. The molecule has 0 spiro atoms. The van der Waals surface area contributed by atoms with Crippen molar-refractivity contribution >= 4 is 11.6 Å². The molecule has 4 N–H and O–H groups in total. The van der Waals surface area contributed by atoms with Crippen molar-refractivity contribution in [2.24, 2.45) is 10.7 Å². The molecular formula is C21H24FN7O2. The van der Waals surface area contributed by atoms with Gasteiger partial charge in [-0.25, -0.2) is 9.37 Å². The smallest absolute Gasteiger partial charge is 0.272 e. The molecule has 31 heavy (non-hydrogen) atoms. The highest BCUT2D eigenvalue weighted by Crippen LogP contribution is 2.29. The van der Waals surface area contributed by atoms with E-state index in [0.717, 1.165) is 24.6 Å². The van der Waals surface area contributed by atoms with Crippen LogP contribution in [0.2, 0.25) is 0 Å². The van der Waals surface area contributed by atoms with E-state index in [1.54, 1.807) is 24.8 Å². The Bertz CT molecular complexity index is 1010. The first-order valence-corrected chi connectivity index (χ1v) is 9.90. The molecule has 10 heteroatoms. The van der Waals surface area contributed by atoms with Gasteiger partial charge in [-0.2, -0.15) is 0 Å². The molecule has 0 aliphatic heterocycles. The fourth-order valence-electron chi connectivity index (χ4n) is 3.26. The largest absolute Gasteiger partial charge is 0.370 e. The first kappa shape index (κ1) is 21.9. The number of nitro benzene ring substituents is 1. The van der Waals surface area contributed by atoms with Crippen LogP contribution in [-0.2, 0) is 6.42 Å². The maximum Gasteiger partial charge on any atom is 0.272 e. The van der Waals surface area contributed by atoms with Gasteiger partial charge in [-0.15, -0.1) is 0 Å². The van der Waals surface area contributed by atoms with Crippen molar-refractivity contribution in [2.45, 2.75) is 25.2 Å². The van der Waals surface area contributed by atoms with E-state index in [0.29, 0.717) is 36.7 Å². The summed E-state index contributed by atoms with van der Waals surface area (Å²) >= 11 is 0. The van der Waals surface area contributed by atoms with Crippen molar-refractivity contribution in [2.75, 3.05) is 13.1 Å². The summed E-state index contributed by atoms with van der Waals surface area (Å²) in [6.45, 7) is 1.01. The SMILES string of the molecule is NC(=NCCCc1cnc[nH]1)NCCC(c1cc(F)cc([N+](=O)[O-])c1)c1ccccn1. The van der Waals surface area contributed by atoms with Crippen LogP contribution >= 0.6 is 0 Å². The number of nitrogens with two attached hydrogens (primary N) is 1. The summed E-state index contributed by atoms with van der Waals surface area (Å²) in [5.74, 6) is -0.678. The number of nitrogens with one attached hydrogen (secondary N) is 2. The fraction of sp³-hybridized carbons (Fsp3) is 0.286. The van der Waals surface area contributed by atoms with Crippen LogP contribution in [0.25, 0.3) is 0 Å². The lowest BCUT2D eigenvalue weighted by Crippen LogP contribution is -2.33. The molecule has 0 aliphatic carbocycles. The molecule has 3 aromatic rings. The lowest BCUT2D eigenvalue weighted by Gasteiger charge is -2.17. The van der Waals surface area contributed by atoms with E-state index in [1.165, 1.54) is 12.1 Å². The van der Waals surface area contributed by atoms with Gasteiger partial charge in [-0.1, -0.05) is 6.07 Å². The van der Waals surface area contributed by atoms with Gasteiger partial charge >= 0.3 is 0 Å². The molecule has 0 amide bonds. The topological polar surface area (TPSA) is 135 Å². The number of halogens is 1.